The molecule has 0 saturated carbocycles. The molecular weight excluding hydrogens is 254 g/mol. The first-order valence-corrected chi connectivity index (χ1v) is 6.29. The van der Waals surface area contributed by atoms with Gasteiger partial charge in [0.2, 0.25) is 5.95 Å². The van der Waals surface area contributed by atoms with Crippen LogP contribution in [-0.4, -0.2) is 40.6 Å². The van der Waals surface area contributed by atoms with Crippen molar-refractivity contribution in [1.29, 1.82) is 0 Å². The quantitative estimate of drug-likeness (QED) is 0.844. The number of aromatic nitrogens is 2. The van der Waals surface area contributed by atoms with E-state index in [1.165, 1.54) is 5.01 Å². The first-order valence-electron chi connectivity index (χ1n) is 6.29. The van der Waals surface area contributed by atoms with Crippen molar-refractivity contribution in [2.45, 2.75) is 6.92 Å². The number of amides is 1. The third-order valence-electron chi connectivity index (χ3n) is 3.03. The van der Waals surface area contributed by atoms with Crippen LogP contribution in [-0.2, 0) is 4.79 Å². The van der Waals surface area contributed by atoms with Crippen molar-refractivity contribution in [3.05, 3.63) is 36.0 Å². The highest BCUT2D eigenvalue weighted by Crippen LogP contribution is 2.23. The molecule has 6 heteroatoms. The maximum atomic E-state index is 12.4. The fourth-order valence-corrected chi connectivity index (χ4v) is 2.11. The number of H-pyrrole nitrogens is 1. The summed E-state index contributed by atoms with van der Waals surface area (Å²) < 4.78 is 0. The van der Waals surface area contributed by atoms with Crippen LogP contribution in [0.1, 0.15) is 6.92 Å². The molecule has 1 aliphatic rings. The molecule has 6 nitrogen and oxygen atoms in total. The molecular formula is C14H15N5O. The zero-order chi connectivity index (χ0) is 14.3. The van der Waals surface area contributed by atoms with Gasteiger partial charge in [-0.15, -0.1) is 0 Å². The lowest BCUT2D eigenvalue weighted by molar-refractivity contribution is -0.114. The molecule has 0 spiro atoms. The average molecular weight is 269 g/mol. The van der Waals surface area contributed by atoms with E-state index in [0.29, 0.717) is 17.2 Å². The number of benzene rings is 1. The summed E-state index contributed by atoms with van der Waals surface area (Å²) in [6.45, 7) is 1.82. The van der Waals surface area contributed by atoms with Crippen LogP contribution in [0.25, 0.3) is 11.0 Å². The minimum Gasteiger partial charge on any atom is -0.383 e. The minimum atomic E-state index is -0.171. The van der Waals surface area contributed by atoms with Crippen molar-refractivity contribution in [2.75, 3.05) is 19.1 Å². The second-order valence-corrected chi connectivity index (χ2v) is 4.89. The Kier molecular flexibility index (Phi) is 2.78. The number of nitrogens with zero attached hydrogens (tertiary/aromatic N) is 4. The summed E-state index contributed by atoms with van der Waals surface area (Å²) in [6, 6.07) is 7.63. The van der Waals surface area contributed by atoms with Gasteiger partial charge in [0.15, 0.2) is 0 Å². The van der Waals surface area contributed by atoms with Crippen molar-refractivity contribution in [3.8, 4) is 0 Å². The van der Waals surface area contributed by atoms with Gasteiger partial charge in [-0.1, -0.05) is 12.1 Å². The van der Waals surface area contributed by atoms with Gasteiger partial charge >= 0.3 is 0 Å². The number of hydrogen-bond donors (Lipinski definition) is 1. The van der Waals surface area contributed by atoms with Crippen molar-refractivity contribution < 1.29 is 4.79 Å². The summed E-state index contributed by atoms with van der Waals surface area (Å²) in [5.41, 5.74) is 2.96. The molecule has 2 aromatic rings. The molecule has 1 aromatic carbocycles. The Balaban J connectivity index is 2.01. The number of hydrogen-bond acceptors (Lipinski definition) is 4. The minimum absolute atomic E-state index is 0.171. The highest BCUT2D eigenvalue weighted by atomic mass is 16.2. The average Bonchev–Trinajstić information content (AvgIpc) is 2.94. The lowest BCUT2D eigenvalue weighted by atomic mass is 10.2. The number of rotatable bonds is 2. The maximum Gasteiger partial charge on any atom is 0.284 e. The number of nitrogens with one attached hydrogen (secondary N) is 1. The molecule has 1 N–H and O–H groups in total. The fourth-order valence-electron chi connectivity index (χ4n) is 2.11. The predicted molar refractivity (Wildman–Crippen MR) is 78.5 cm³/mol. The van der Waals surface area contributed by atoms with Gasteiger partial charge in [-0.3, -0.25) is 4.79 Å². The number of carbonyl (C=O) groups is 1. The van der Waals surface area contributed by atoms with E-state index >= 15 is 0 Å². The molecule has 0 radical (unpaired) electrons. The van der Waals surface area contributed by atoms with Crippen molar-refractivity contribution >= 4 is 28.6 Å². The summed E-state index contributed by atoms with van der Waals surface area (Å²) in [4.78, 5) is 21.7. The van der Waals surface area contributed by atoms with Crippen LogP contribution < -0.4 is 5.01 Å². The van der Waals surface area contributed by atoms with Gasteiger partial charge in [0, 0.05) is 20.3 Å². The number of aromatic amines is 1. The molecule has 0 atom stereocenters. The number of hydrazone groups is 1. The van der Waals surface area contributed by atoms with Crippen LogP contribution in [0, 0.1) is 0 Å². The monoisotopic (exact) mass is 269 g/mol. The van der Waals surface area contributed by atoms with Gasteiger partial charge in [-0.05, 0) is 19.1 Å². The number of carbonyl (C=O) groups excluding carboxylic acids is 1. The standard InChI is InChI=1S/C14H15N5O/c1-9-10(8-18(2)3)13(20)19(17-9)14-15-11-6-4-5-7-12(11)16-14/h4-8H,1-3H3,(H,15,16)/b10-8+. The van der Waals surface area contributed by atoms with E-state index < -0.39 is 0 Å². The normalized spacial score (nSPS) is 17.1. The summed E-state index contributed by atoms with van der Waals surface area (Å²) in [6.07, 6.45) is 1.77. The summed E-state index contributed by atoms with van der Waals surface area (Å²) in [7, 11) is 3.74. The summed E-state index contributed by atoms with van der Waals surface area (Å²) >= 11 is 0. The van der Waals surface area contributed by atoms with Crippen LogP contribution in [0.4, 0.5) is 5.95 Å². The first kappa shape index (κ1) is 12.4. The third kappa shape index (κ3) is 1.95. The van der Waals surface area contributed by atoms with E-state index in [0.717, 1.165) is 11.0 Å². The highest BCUT2D eigenvalue weighted by Gasteiger charge is 2.30. The van der Waals surface area contributed by atoms with Crippen molar-refractivity contribution in [1.82, 2.24) is 14.9 Å². The predicted octanol–water partition coefficient (Wildman–Crippen LogP) is 1.73. The number of fused-ring (bicyclic) bond motifs is 1. The number of imidazole rings is 1. The van der Waals surface area contributed by atoms with E-state index in [2.05, 4.69) is 15.1 Å². The second-order valence-electron chi connectivity index (χ2n) is 4.89. The zero-order valence-corrected chi connectivity index (χ0v) is 11.6. The Hall–Kier alpha value is -2.63. The molecule has 1 amide bonds. The Bertz CT molecular complexity index is 708. The maximum absolute atomic E-state index is 12.4. The lowest BCUT2D eigenvalue weighted by Gasteiger charge is -2.08. The molecule has 2 heterocycles. The Labute approximate surface area is 116 Å². The summed E-state index contributed by atoms with van der Waals surface area (Å²) in [5, 5.41) is 5.59. The van der Waals surface area contributed by atoms with Crippen LogP contribution >= 0.6 is 0 Å². The van der Waals surface area contributed by atoms with E-state index in [1.807, 2.05) is 50.2 Å². The highest BCUT2D eigenvalue weighted by molar-refractivity contribution is 6.29. The van der Waals surface area contributed by atoms with Crippen molar-refractivity contribution in [2.24, 2.45) is 5.10 Å². The number of para-hydroxylation sites is 2. The van der Waals surface area contributed by atoms with E-state index in [4.69, 9.17) is 0 Å². The van der Waals surface area contributed by atoms with Crippen molar-refractivity contribution in [3.63, 3.8) is 0 Å². The topological polar surface area (TPSA) is 64.6 Å². The molecule has 0 saturated heterocycles. The number of anilines is 1. The Morgan fingerprint density at radius 1 is 1.30 bits per heavy atom. The molecule has 0 fully saturated rings. The SMILES string of the molecule is CC1=NN(c2nc3ccccc3[nH]2)C(=O)/C1=C/N(C)C. The van der Waals surface area contributed by atoms with Gasteiger partial charge in [0.05, 0.1) is 22.3 Å². The van der Waals surface area contributed by atoms with E-state index in [-0.39, 0.29) is 5.91 Å². The van der Waals surface area contributed by atoms with E-state index in [9.17, 15) is 4.79 Å². The smallest absolute Gasteiger partial charge is 0.284 e. The molecule has 3 rings (SSSR count). The molecule has 0 bridgehead atoms. The molecule has 1 aromatic heterocycles. The fraction of sp³-hybridized carbons (Fsp3) is 0.214. The molecule has 1 aliphatic heterocycles. The molecule has 0 unspecified atom stereocenters. The van der Waals surface area contributed by atoms with Crippen LogP contribution in [0.2, 0.25) is 0 Å². The molecule has 0 aliphatic carbocycles. The largest absolute Gasteiger partial charge is 0.383 e. The van der Waals surface area contributed by atoms with Crippen LogP contribution in [0.5, 0.6) is 0 Å². The zero-order valence-electron chi connectivity index (χ0n) is 11.6. The molecule has 102 valence electrons. The second kappa shape index (κ2) is 4.48. The van der Waals surface area contributed by atoms with E-state index in [1.54, 1.807) is 6.20 Å². The van der Waals surface area contributed by atoms with Gasteiger partial charge in [-0.25, -0.2) is 4.98 Å². The van der Waals surface area contributed by atoms with Gasteiger partial charge in [-0.2, -0.15) is 10.1 Å². The summed E-state index contributed by atoms with van der Waals surface area (Å²) in [5.74, 6) is 0.271. The Morgan fingerprint density at radius 3 is 2.75 bits per heavy atom. The van der Waals surface area contributed by atoms with Gasteiger partial charge in [0.25, 0.3) is 5.91 Å². The molecule has 20 heavy (non-hydrogen) atoms. The lowest BCUT2D eigenvalue weighted by Crippen LogP contribution is -2.23. The van der Waals surface area contributed by atoms with Gasteiger partial charge < -0.3 is 9.88 Å². The van der Waals surface area contributed by atoms with Crippen LogP contribution in [0.3, 0.4) is 0 Å². The third-order valence-corrected chi connectivity index (χ3v) is 3.03. The van der Waals surface area contributed by atoms with Gasteiger partial charge in [0.1, 0.15) is 0 Å². The Morgan fingerprint density at radius 2 is 2.05 bits per heavy atom. The van der Waals surface area contributed by atoms with Crippen LogP contribution in [0.15, 0.2) is 41.1 Å². The first-order chi connectivity index (χ1) is 9.56.